The van der Waals surface area contributed by atoms with E-state index in [0.29, 0.717) is 12.1 Å². The van der Waals surface area contributed by atoms with Crippen LogP contribution in [0.25, 0.3) is 0 Å². The van der Waals surface area contributed by atoms with Gasteiger partial charge in [0.25, 0.3) is 10.0 Å². The van der Waals surface area contributed by atoms with Crippen LogP contribution in [0, 0.1) is 27.7 Å². The predicted octanol–water partition coefficient (Wildman–Crippen LogP) is 5.45. The summed E-state index contributed by atoms with van der Waals surface area (Å²) in [4.78, 5) is 29.1. The van der Waals surface area contributed by atoms with Crippen molar-refractivity contribution in [3.8, 4) is 0 Å². The van der Waals surface area contributed by atoms with Gasteiger partial charge >= 0.3 is 0 Å². The summed E-state index contributed by atoms with van der Waals surface area (Å²) in [5, 5.41) is 2.93. The topological polar surface area (TPSA) is 86.8 Å². The molecule has 0 spiro atoms. The molecule has 0 aliphatic rings. The number of benzene rings is 3. The van der Waals surface area contributed by atoms with Gasteiger partial charge in [-0.1, -0.05) is 66.6 Å². The van der Waals surface area contributed by atoms with Crippen molar-refractivity contribution in [1.82, 2.24) is 10.2 Å². The van der Waals surface area contributed by atoms with Crippen molar-refractivity contribution in [3.05, 3.63) is 94.5 Å². The van der Waals surface area contributed by atoms with Crippen LogP contribution in [-0.2, 0) is 26.2 Å². The monoisotopic (exact) mass is 563 g/mol. The van der Waals surface area contributed by atoms with Gasteiger partial charge in [0.15, 0.2) is 0 Å². The minimum atomic E-state index is -4.10. The van der Waals surface area contributed by atoms with Gasteiger partial charge in [-0.2, -0.15) is 0 Å². The minimum Gasteiger partial charge on any atom is -0.352 e. The summed E-state index contributed by atoms with van der Waals surface area (Å²) in [6.45, 7) is 12.9. The Labute approximate surface area is 239 Å². The highest BCUT2D eigenvalue weighted by Gasteiger charge is 2.34. The molecule has 0 heterocycles. The van der Waals surface area contributed by atoms with E-state index >= 15 is 0 Å². The molecule has 0 saturated heterocycles. The van der Waals surface area contributed by atoms with Crippen molar-refractivity contribution in [2.75, 3.05) is 10.8 Å². The maximum atomic E-state index is 14.2. The molecule has 8 heteroatoms. The first-order valence-electron chi connectivity index (χ1n) is 13.7. The number of amides is 2. The van der Waals surface area contributed by atoms with Crippen molar-refractivity contribution < 1.29 is 18.0 Å². The first-order valence-corrected chi connectivity index (χ1v) is 15.1. The van der Waals surface area contributed by atoms with Crippen LogP contribution in [-0.4, -0.2) is 43.8 Å². The third-order valence-electron chi connectivity index (χ3n) is 6.93. The first-order chi connectivity index (χ1) is 18.8. The van der Waals surface area contributed by atoms with Gasteiger partial charge in [-0.3, -0.25) is 13.9 Å². The maximum Gasteiger partial charge on any atom is 0.264 e. The van der Waals surface area contributed by atoms with Gasteiger partial charge in [-0.25, -0.2) is 8.42 Å². The van der Waals surface area contributed by atoms with Crippen LogP contribution in [0.3, 0.4) is 0 Å². The Bertz CT molecular complexity index is 1450. The second-order valence-electron chi connectivity index (χ2n) is 10.7. The highest BCUT2D eigenvalue weighted by atomic mass is 32.2. The van der Waals surface area contributed by atoms with Gasteiger partial charge < -0.3 is 10.2 Å². The standard InChI is InChI=1S/C32H41N3O4S/c1-8-29(32(37)33-22(2)3)34(20-27-12-10-9-11-25(27)6)31(36)21-35(30-18-15-24(5)19-26(30)7)40(38,39)28-16-13-23(4)14-17-28/h9-19,22,29H,8,20-21H2,1-7H3,(H,33,37). The molecule has 3 aromatic rings. The normalized spacial score (nSPS) is 12.2. The van der Waals surface area contributed by atoms with Gasteiger partial charge in [0.2, 0.25) is 11.8 Å². The van der Waals surface area contributed by atoms with Gasteiger partial charge in [-0.15, -0.1) is 0 Å². The molecule has 0 radical (unpaired) electrons. The molecule has 0 fully saturated rings. The number of anilines is 1. The Morgan fingerprint density at radius 1 is 0.850 bits per heavy atom. The number of nitrogens with one attached hydrogen (secondary N) is 1. The molecule has 0 saturated carbocycles. The summed E-state index contributed by atoms with van der Waals surface area (Å²) in [5.41, 5.74) is 4.95. The largest absolute Gasteiger partial charge is 0.352 e. The zero-order chi connectivity index (χ0) is 29.6. The van der Waals surface area contributed by atoms with Crippen LogP contribution in [0.5, 0.6) is 0 Å². The Hall–Kier alpha value is -3.65. The van der Waals surface area contributed by atoms with Crippen LogP contribution < -0.4 is 9.62 Å². The summed E-state index contributed by atoms with van der Waals surface area (Å²) < 4.78 is 29.3. The maximum absolute atomic E-state index is 14.2. The van der Waals surface area contributed by atoms with Gasteiger partial charge in [0.05, 0.1) is 10.6 Å². The predicted molar refractivity (Wildman–Crippen MR) is 161 cm³/mol. The molecule has 1 unspecified atom stereocenters. The number of carbonyl (C=O) groups excluding carboxylic acids is 2. The number of carbonyl (C=O) groups is 2. The number of aryl methyl sites for hydroxylation is 4. The third kappa shape index (κ3) is 7.30. The Morgan fingerprint density at radius 3 is 2.05 bits per heavy atom. The van der Waals surface area contributed by atoms with Crippen molar-refractivity contribution in [2.24, 2.45) is 0 Å². The lowest BCUT2D eigenvalue weighted by molar-refractivity contribution is -0.140. The van der Waals surface area contributed by atoms with Crippen molar-refractivity contribution >= 4 is 27.5 Å². The molecule has 7 nitrogen and oxygen atoms in total. The van der Waals surface area contributed by atoms with Crippen molar-refractivity contribution in [1.29, 1.82) is 0 Å². The number of nitrogens with zero attached hydrogens (tertiary/aromatic N) is 2. The quantitative estimate of drug-likeness (QED) is 0.336. The lowest BCUT2D eigenvalue weighted by atomic mass is 10.1. The first kappa shape index (κ1) is 30.9. The molecule has 1 atom stereocenters. The van der Waals surface area contributed by atoms with E-state index in [1.807, 2.05) is 84.9 Å². The average molecular weight is 564 g/mol. The molecule has 0 aliphatic carbocycles. The molecule has 214 valence electrons. The highest BCUT2D eigenvalue weighted by Crippen LogP contribution is 2.28. The van der Waals surface area contributed by atoms with E-state index in [9.17, 15) is 18.0 Å². The highest BCUT2D eigenvalue weighted by molar-refractivity contribution is 7.92. The van der Waals surface area contributed by atoms with E-state index in [2.05, 4.69) is 5.32 Å². The molecule has 2 amide bonds. The molecule has 1 N–H and O–H groups in total. The molecule has 0 aromatic heterocycles. The molecule has 3 aromatic carbocycles. The van der Waals surface area contributed by atoms with Crippen LogP contribution >= 0.6 is 0 Å². The molecular formula is C32H41N3O4S. The smallest absolute Gasteiger partial charge is 0.264 e. The second-order valence-corrected chi connectivity index (χ2v) is 12.5. The van der Waals surface area contributed by atoms with Gasteiger partial charge in [0, 0.05) is 12.6 Å². The lowest BCUT2D eigenvalue weighted by Crippen LogP contribution is -2.53. The van der Waals surface area contributed by atoms with Crippen molar-refractivity contribution in [3.63, 3.8) is 0 Å². The molecule has 0 bridgehead atoms. The molecular weight excluding hydrogens is 522 g/mol. The lowest BCUT2D eigenvalue weighted by Gasteiger charge is -2.34. The van der Waals surface area contributed by atoms with Crippen LogP contribution in [0.4, 0.5) is 5.69 Å². The fraction of sp³-hybridized carbons (Fsp3) is 0.375. The minimum absolute atomic E-state index is 0.0981. The Balaban J connectivity index is 2.11. The SMILES string of the molecule is CCC(C(=O)NC(C)C)N(Cc1ccccc1C)C(=O)CN(c1ccc(C)cc1C)S(=O)(=O)c1ccc(C)cc1. The summed E-state index contributed by atoms with van der Waals surface area (Å²) in [7, 11) is -4.10. The summed E-state index contributed by atoms with van der Waals surface area (Å²) in [6.07, 6.45) is 0.379. The van der Waals surface area contributed by atoms with E-state index in [1.54, 1.807) is 30.3 Å². The van der Waals surface area contributed by atoms with E-state index in [-0.39, 0.29) is 23.4 Å². The fourth-order valence-electron chi connectivity index (χ4n) is 4.71. The zero-order valence-corrected chi connectivity index (χ0v) is 25.4. The van der Waals surface area contributed by atoms with E-state index < -0.39 is 28.5 Å². The van der Waals surface area contributed by atoms with Crippen LogP contribution in [0.1, 0.15) is 55.0 Å². The summed E-state index contributed by atoms with van der Waals surface area (Å²) >= 11 is 0. The van der Waals surface area contributed by atoms with Gasteiger partial charge in [0.1, 0.15) is 12.6 Å². The third-order valence-corrected chi connectivity index (χ3v) is 8.70. The van der Waals surface area contributed by atoms with Crippen LogP contribution in [0.2, 0.25) is 0 Å². The average Bonchev–Trinajstić information content (AvgIpc) is 2.88. The summed E-state index contributed by atoms with van der Waals surface area (Å²) in [6, 6.07) is 18.9. The van der Waals surface area contributed by atoms with E-state index in [0.717, 1.165) is 27.8 Å². The van der Waals surface area contributed by atoms with Crippen LogP contribution in [0.15, 0.2) is 71.6 Å². The number of hydrogen-bond donors (Lipinski definition) is 1. The Kier molecular flexibility index (Phi) is 10.1. The molecule has 3 rings (SSSR count). The van der Waals surface area contributed by atoms with E-state index in [4.69, 9.17) is 0 Å². The molecule has 40 heavy (non-hydrogen) atoms. The second kappa shape index (κ2) is 13.1. The zero-order valence-electron chi connectivity index (χ0n) is 24.6. The van der Waals surface area contributed by atoms with Gasteiger partial charge in [-0.05, 0) is 82.9 Å². The number of rotatable bonds is 11. The van der Waals surface area contributed by atoms with Crippen molar-refractivity contribution in [2.45, 2.75) is 78.4 Å². The summed E-state index contributed by atoms with van der Waals surface area (Å²) in [5.74, 6) is -0.719. The van der Waals surface area contributed by atoms with E-state index in [1.165, 1.54) is 9.21 Å². The number of hydrogen-bond acceptors (Lipinski definition) is 4. The number of sulfonamides is 1. The molecule has 0 aliphatic heterocycles. The fourth-order valence-corrected chi connectivity index (χ4v) is 6.19. The Morgan fingerprint density at radius 2 is 1.48 bits per heavy atom.